The highest BCUT2D eigenvalue weighted by atomic mass is 16.8. The Labute approximate surface area is 329 Å². The standard InChI is InChI=1S/C32H55NO25/c1-7-14(38)17(41)21(45)29(51-7)50-6-12-16(40)19(43)23(47)31(55-12)56-25-10(4-35)54-32(24(48)20(25)44)58-27-13(33-8(2)37)28(49)52-11(5-36)26(27)57-30-22(46)18(42)15(39)9(3-34)53-30/h7,9-32,34-36,38-49H,3-6H2,1-2H3,(H,33,37)/t7-,9+,10+,11+,12+,13+,14-,15+,16+,17+,18-,19-,20+,21+,22+,23+,24+,25-,26+,27+,28-,29+,30+,31+,32+/m0/s1. The van der Waals surface area contributed by atoms with Crippen molar-refractivity contribution in [2.24, 2.45) is 0 Å². The van der Waals surface area contributed by atoms with Crippen LogP contribution in [0, 0.1) is 0 Å². The summed E-state index contributed by atoms with van der Waals surface area (Å²) in [6.07, 6.45) is -42.5. The lowest BCUT2D eigenvalue weighted by atomic mass is 9.94. The van der Waals surface area contributed by atoms with E-state index in [0.29, 0.717) is 0 Å². The average Bonchev–Trinajstić information content (AvgIpc) is 3.19. The number of aliphatic hydroxyl groups excluding tert-OH is 15. The highest BCUT2D eigenvalue weighted by Crippen LogP contribution is 2.35. The summed E-state index contributed by atoms with van der Waals surface area (Å²) in [6.45, 7) is -0.989. The van der Waals surface area contributed by atoms with E-state index in [1.165, 1.54) is 6.92 Å². The summed E-state index contributed by atoms with van der Waals surface area (Å²) in [6, 6.07) is -1.63. The minimum atomic E-state index is -2.16. The van der Waals surface area contributed by atoms with Crippen molar-refractivity contribution in [3.8, 4) is 0 Å². The van der Waals surface area contributed by atoms with E-state index in [2.05, 4.69) is 5.32 Å². The molecule has 5 fully saturated rings. The summed E-state index contributed by atoms with van der Waals surface area (Å²) in [7, 11) is 0. The van der Waals surface area contributed by atoms with Crippen LogP contribution in [-0.4, -0.2) is 262 Å². The molecule has 5 heterocycles. The molecule has 26 nitrogen and oxygen atoms in total. The van der Waals surface area contributed by atoms with Gasteiger partial charge in [0.2, 0.25) is 5.91 Å². The fourth-order valence-corrected chi connectivity index (χ4v) is 7.27. The molecule has 26 heteroatoms. The summed E-state index contributed by atoms with van der Waals surface area (Å²) in [5, 5.41) is 159. The molecule has 0 bridgehead atoms. The third-order valence-corrected chi connectivity index (χ3v) is 10.7. The second-order valence-electron chi connectivity index (χ2n) is 14.7. The molecule has 0 unspecified atom stereocenters. The highest BCUT2D eigenvalue weighted by Gasteiger charge is 2.56. The molecular formula is C32H55NO25. The molecule has 0 aromatic rings. The molecule has 5 aliphatic rings. The predicted molar refractivity (Wildman–Crippen MR) is 177 cm³/mol. The molecule has 16 N–H and O–H groups in total. The molecule has 5 aliphatic heterocycles. The Bertz CT molecular complexity index is 1300. The Balaban J connectivity index is 1.32. The van der Waals surface area contributed by atoms with Crippen molar-refractivity contribution in [2.75, 3.05) is 26.4 Å². The minimum Gasteiger partial charge on any atom is -0.394 e. The van der Waals surface area contributed by atoms with Crippen LogP contribution in [0.1, 0.15) is 13.8 Å². The van der Waals surface area contributed by atoms with Crippen LogP contribution in [-0.2, 0) is 47.4 Å². The number of amides is 1. The first-order valence-electron chi connectivity index (χ1n) is 18.5. The van der Waals surface area contributed by atoms with Gasteiger partial charge in [-0.3, -0.25) is 4.79 Å². The second kappa shape index (κ2) is 20.1. The van der Waals surface area contributed by atoms with E-state index < -0.39 is 186 Å². The van der Waals surface area contributed by atoms with Crippen LogP contribution >= 0.6 is 0 Å². The molecule has 1 amide bonds. The van der Waals surface area contributed by atoms with Gasteiger partial charge in [-0.1, -0.05) is 0 Å². The zero-order valence-corrected chi connectivity index (χ0v) is 31.1. The van der Waals surface area contributed by atoms with Gasteiger partial charge in [-0.05, 0) is 6.92 Å². The second-order valence-corrected chi connectivity index (χ2v) is 14.7. The van der Waals surface area contributed by atoms with Gasteiger partial charge < -0.3 is 125 Å². The Morgan fingerprint density at radius 2 is 0.914 bits per heavy atom. The molecule has 0 saturated carbocycles. The molecule has 0 radical (unpaired) electrons. The normalized spacial score (nSPS) is 51.6. The first-order valence-corrected chi connectivity index (χ1v) is 18.5. The first-order chi connectivity index (χ1) is 27.3. The molecule has 58 heavy (non-hydrogen) atoms. The quantitative estimate of drug-likeness (QED) is 0.0818. The zero-order valence-electron chi connectivity index (χ0n) is 31.1. The number of aliphatic hydroxyl groups is 15. The third kappa shape index (κ3) is 9.91. The van der Waals surface area contributed by atoms with E-state index in [-0.39, 0.29) is 0 Å². The van der Waals surface area contributed by atoms with Crippen LogP contribution in [0.3, 0.4) is 0 Å². The zero-order chi connectivity index (χ0) is 42.9. The number of carbonyl (C=O) groups excluding carboxylic acids is 1. The fraction of sp³-hybridized carbons (Fsp3) is 0.969. The number of rotatable bonds is 13. The third-order valence-electron chi connectivity index (χ3n) is 10.7. The van der Waals surface area contributed by atoms with Crippen LogP contribution in [0.25, 0.3) is 0 Å². The van der Waals surface area contributed by atoms with E-state index >= 15 is 0 Å². The Hall–Kier alpha value is -1.49. The molecule has 338 valence electrons. The molecule has 0 aromatic carbocycles. The summed E-state index contributed by atoms with van der Waals surface area (Å²) in [5.74, 6) is -0.766. The molecule has 0 aromatic heterocycles. The van der Waals surface area contributed by atoms with Gasteiger partial charge in [0.25, 0.3) is 0 Å². The minimum absolute atomic E-state index is 0.665. The van der Waals surface area contributed by atoms with E-state index in [9.17, 15) is 81.4 Å². The van der Waals surface area contributed by atoms with Crippen LogP contribution < -0.4 is 5.32 Å². The van der Waals surface area contributed by atoms with Crippen LogP contribution in [0.4, 0.5) is 0 Å². The number of carbonyl (C=O) groups is 1. The van der Waals surface area contributed by atoms with Crippen molar-refractivity contribution in [2.45, 2.75) is 167 Å². The van der Waals surface area contributed by atoms with Crippen LogP contribution in [0.5, 0.6) is 0 Å². The number of nitrogens with one attached hydrogen (secondary N) is 1. The van der Waals surface area contributed by atoms with Crippen molar-refractivity contribution in [3.63, 3.8) is 0 Å². The Kier molecular flexibility index (Phi) is 16.5. The Morgan fingerprint density at radius 1 is 0.483 bits per heavy atom. The lowest BCUT2D eigenvalue weighted by Crippen LogP contribution is -2.70. The van der Waals surface area contributed by atoms with Gasteiger partial charge >= 0.3 is 0 Å². The number of hydrogen-bond donors (Lipinski definition) is 16. The van der Waals surface area contributed by atoms with Gasteiger partial charge in [0.05, 0.1) is 32.5 Å². The number of hydrogen-bond acceptors (Lipinski definition) is 25. The van der Waals surface area contributed by atoms with Crippen molar-refractivity contribution in [3.05, 3.63) is 0 Å². The van der Waals surface area contributed by atoms with Crippen molar-refractivity contribution >= 4 is 5.91 Å². The molecule has 5 saturated heterocycles. The van der Waals surface area contributed by atoms with Crippen molar-refractivity contribution in [1.82, 2.24) is 5.32 Å². The van der Waals surface area contributed by atoms with E-state index in [4.69, 9.17) is 42.6 Å². The van der Waals surface area contributed by atoms with E-state index in [1.807, 2.05) is 0 Å². The van der Waals surface area contributed by atoms with Gasteiger partial charge in [-0.25, -0.2) is 0 Å². The lowest BCUT2D eigenvalue weighted by molar-refractivity contribution is -0.385. The van der Waals surface area contributed by atoms with Gasteiger partial charge in [0.1, 0.15) is 116 Å². The molecule has 0 spiro atoms. The van der Waals surface area contributed by atoms with Crippen LogP contribution in [0.2, 0.25) is 0 Å². The molecule has 5 rings (SSSR count). The molecule has 25 atom stereocenters. The SMILES string of the molecule is CC(=O)N[C@@H]1[C@@H](O[C@H]2O[C@H](CO)[C@H](O[C@H]3O[C@H](CO[C@@H]4O[C@@H](C)[C@H](O)[C@@H](O)[C@H]4O)[C@@H](O)[C@H](O)[C@H]3O)[C@H](O)[C@H]2O)[C@H](O[C@H]2O[C@H](CO)[C@@H](O)[C@H](O)[C@H]2O)[C@@H](CO)O[C@@H]1O. The smallest absolute Gasteiger partial charge is 0.217 e. The van der Waals surface area contributed by atoms with Crippen molar-refractivity contribution < 1.29 is 124 Å². The Morgan fingerprint density at radius 3 is 1.47 bits per heavy atom. The van der Waals surface area contributed by atoms with Gasteiger partial charge in [0.15, 0.2) is 31.5 Å². The van der Waals surface area contributed by atoms with Crippen LogP contribution in [0.15, 0.2) is 0 Å². The summed E-state index contributed by atoms with van der Waals surface area (Å²) in [5.41, 5.74) is 0. The van der Waals surface area contributed by atoms with Gasteiger partial charge in [-0.2, -0.15) is 0 Å². The predicted octanol–water partition coefficient (Wildman–Crippen LogP) is -10.8. The average molecular weight is 854 g/mol. The maximum Gasteiger partial charge on any atom is 0.217 e. The monoisotopic (exact) mass is 853 g/mol. The van der Waals surface area contributed by atoms with Gasteiger partial charge in [-0.15, -0.1) is 0 Å². The van der Waals surface area contributed by atoms with E-state index in [1.54, 1.807) is 0 Å². The molecular weight excluding hydrogens is 798 g/mol. The summed E-state index contributed by atoms with van der Waals surface area (Å²) >= 11 is 0. The van der Waals surface area contributed by atoms with Gasteiger partial charge in [0, 0.05) is 6.92 Å². The van der Waals surface area contributed by atoms with E-state index in [0.717, 1.165) is 6.92 Å². The maximum absolute atomic E-state index is 12.2. The topological polar surface area (TPSA) is 416 Å². The lowest BCUT2D eigenvalue weighted by Gasteiger charge is -2.50. The summed E-state index contributed by atoms with van der Waals surface area (Å²) < 4.78 is 50.4. The fourth-order valence-electron chi connectivity index (χ4n) is 7.27. The highest BCUT2D eigenvalue weighted by molar-refractivity contribution is 5.73. The van der Waals surface area contributed by atoms with Crippen molar-refractivity contribution in [1.29, 1.82) is 0 Å². The molecule has 0 aliphatic carbocycles. The summed E-state index contributed by atoms with van der Waals surface area (Å²) in [4.78, 5) is 12.2. The number of ether oxygens (including phenoxy) is 9. The first kappa shape index (κ1) is 47.6. The maximum atomic E-state index is 12.2. The largest absolute Gasteiger partial charge is 0.394 e.